The van der Waals surface area contributed by atoms with Crippen LogP contribution in [0, 0.1) is 6.92 Å². The summed E-state index contributed by atoms with van der Waals surface area (Å²) in [6.45, 7) is 7.78. The Kier molecular flexibility index (Phi) is 8.32. The minimum absolute atomic E-state index is 0.213. The normalized spacial score (nSPS) is 15.2. The monoisotopic (exact) mass is 408 g/mol. The summed E-state index contributed by atoms with van der Waals surface area (Å²) in [4.78, 5) is 17.8. The summed E-state index contributed by atoms with van der Waals surface area (Å²) in [7, 11) is 2.16. The molecule has 0 unspecified atom stereocenters. The largest absolute Gasteiger partial charge is 0.494 e. The first-order valence-electron chi connectivity index (χ1n) is 11.3. The van der Waals surface area contributed by atoms with Crippen molar-refractivity contribution < 1.29 is 9.53 Å². The van der Waals surface area contributed by atoms with E-state index in [4.69, 9.17) is 4.74 Å². The molecule has 1 heterocycles. The minimum atomic E-state index is 0.213. The maximum Gasteiger partial charge on any atom is 0.227 e. The van der Waals surface area contributed by atoms with Crippen molar-refractivity contribution in [2.45, 2.75) is 58.5 Å². The zero-order valence-electron chi connectivity index (χ0n) is 18.8. The van der Waals surface area contributed by atoms with Gasteiger partial charge in [-0.25, -0.2) is 0 Å². The van der Waals surface area contributed by atoms with Crippen molar-refractivity contribution in [3.8, 4) is 5.75 Å². The summed E-state index contributed by atoms with van der Waals surface area (Å²) in [5.41, 5.74) is 3.49. The highest BCUT2D eigenvalue weighted by Crippen LogP contribution is 2.21. The second kappa shape index (κ2) is 11.2. The van der Waals surface area contributed by atoms with Gasteiger partial charge in [-0.3, -0.25) is 4.79 Å². The van der Waals surface area contributed by atoms with Gasteiger partial charge in [-0.2, -0.15) is 0 Å². The number of rotatable bonds is 9. The smallest absolute Gasteiger partial charge is 0.227 e. The maximum absolute atomic E-state index is 13.3. The van der Waals surface area contributed by atoms with Gasteiger partial charge in [0.2, 0.25) is 5.91 Å². The molecule has 1 amide bonds. The van der Waals surface area contributed by atoms with E-state index in [9.17, 15) is 4.79 Å². The highest BCUT2D eigenvalue weighted by atomic mass is 16.5. The molecule has 162 valence electrons. The van der Waals surface area contributed by atoms with Crippen LogP contribution >= 0.6 is 0 Å². The summed E-state index contributed by atoms with van der Waals surface area (Å²) in [6.07, 6.45) is 4.70. The molecule has 2 aromatic rings. The van der Waals surface area contributed by atoms with Crippen LogP contribution in [0.25, 0.3) is 0 Å². The van der Waals surface area contributed by atoms with Gasteiger partial charge in [-0.05, 0) is 69.6 Å². The van der Waals surface area contributed by atoms with Crippen LogP contribution in [0.2, 0.25) is 0 Å². The van der Waals surface area contributed by atoms with Crippen molar-refractivity contribution in [1.29, 1.82) is 0 Å². The molecule has 4 heteroatoms. The number of ether oxygens (including phenoxy) is 1. The van der Waals surface area contributed by atoms with Gasteiger partial charge in [0.05, 0.1) is 13.0 Å². The third-order valence-corrected chi connectivity index (χ3v) is 5.97. The molecule has 0 spiro atoms. The van der Waals surface area contributed by atoms with Crippen molar-refractivity contribution in [3.05, 3.63) is 65.2 Å². The molecule has 2 aromatic carbocycles. The number of carbonyl (C=O) groups is 1. The third-order valence-electron chi connectivity index (χ3n) is 5.97. The molecule has 1 saturated heterocycles. The van der Waals surface area contributed by atoms with E-state index < -0.39 is 0 Å². The summed E-state index contributed by atoms with van der Waals surface area (Å²) < 4.78 is 5.75. The number of hydrogen-bond acceptors (Lipinski definition) is 3. The summed E-state index contributed by atoms with van der Waals surface area (Å²) in [5.74, 6) is 1.09. The van der Waals surface area contributed by atoms with Crippen LogP contribution in [-0.4, -0.2) is 48.5 Å². The number of likely N-dealkylation sites (tertiary alicyclic amines) is 1. The number of piperidine rings is 1. The Labute approximate surface area is 181 Å². The second-order valence-corrected chi connectivity index (χ2v) is 8.56. The fourth-order valence-electron chi connectivity index (χ4n) is 3.93. The van der Waals surface area contributed by atoms with Crippen LogP contribution in [-0.2, 0) is 17.8 Å². The van der Waals surface area contributed by atoms with Crippen LogP contribution in [0.4, 0.5) is 0 Å². The van der Waals surface area contributed by atoms with Crippen LogP contribution in [0.15, 0.2) is 48.5 Å². The Bertz CT molecular complexity index is 778. The van der Waals surface area contributed by atoms with Crippen molar-refractivity contribution >= 4 is 5.91 Å². The lowest BCUT2D eigenvalue weighted by Crippen LogP contribution is -2.46. The van der Waals surface area contributed by atoms with E-state index in [0.717, 1.165) is 56.7 Å². The fraction of sp³-hybridized carbons (Fsp3) is 0.500. The predicted octanol–water partition coefficient (Wildman–Crippen LogP) is 4.84. The first-order valence-corrected chi connectivity index (χ1v) is 11.3. The number of amides is 1. The molecular weight excluding hydrogens is 372 g/mol. The van der Waals surface area contributed by atoms with E-state index in [1.807, 2.05) is 24.3 Å². The molecule has 0 aliphatic carbocycles. The van der Waals surface area contributed by atoms with Crippen molar-refractivity contribution in [1.82, 2.24) is 9.80 Å². The lowest BCUT2D eigenvalue weighted by atomic mass is 10.0. The first kappa shape index (κ1) is 22.4. The Morgan fingerprint density at radius 2 is 1.67 bits per heavy atom. The van der Waals surface area contributed by atoms with Gasteiger partial charge in [0.15, 0.2) is 0 Å². The lowest BCUT2D eigenvalue weighted by molar-refractivity contribution is -0.134. The third kappa shape index (κ3) is 6.60. The Hall–Kier alpha value is -2.33. The zero-order chi connectivity index (χ0) is 21.3. The van der Waals surface area contributed by atoms with E-state index in [1.165, 1.54) is 11.1 Å². The number of benzene rings is 2. The van der Waals surface area contributed by atoms with Gasteiger partial charge < -0.3 is 14.5 Å². The predicted molar refractivity (Wildman–Crippen MR) is 123 cm³/mol. The van der Waals surface area contributed by atoms with Crippen molar-refractivity contribution in [2.75, 3.05) is 26.7 Å². The van der Waals surface area contributed by atoms with Gasteiger partial charge in [0.25, 0.3) is 0 Å². The van der Waals surface area contributed by atoms with Crippen molar-refractivity contribution in [3.63, 3.8) is 0 Å². The SMILES string of the molecule is CCCCOc1ccc(CC(=O)N(Cc2ccc(C)cc2)C2CCN(C)CC2)cc1. The summed E-state index contributed by atoms with van der Waals surface area (Å²) in [5, 5.41) is 0. The summed E-state index contributed by atoms with van der Waals surface area (Å²) >= 11 is 0. The zero-order valence-corrected chi connectivity index (χ0v) is 18.8. The number of unbranched alkanes of at least 4 members (excludes halogenated alkanes) is 1. The standard InChI is InChI=1S/C26H36N2O2/c1-4-5-18-30-25-12-10-22(11-13-25)19-26(29)28(24-14-16-27(3)17-15-24)20-23-8-6-21(2)7-9-23/h6-13,24H,4-5,14-20H2,1-3H3. The quantitative estimate of drug-likeness (QED) is 0.557. The Morgan fingerprint density at radius 3 is 2.30 bits per heavy atom. The molecule has 0 bridgehead atoms. The highest BCUT2D eigenvalue weighted by molar-refractivity contribution is 5.79. The van der Waals surface area contributed by atoms with E-state index in [0.29, 0.717) is 19.0 Å². The average Bonchev–Trinajstić information content (AvgIpc) is 2.75. The van der Waals surface area contributed by atoms with Gasteiger partial charge in [-0.15, -0.1) is 0 Å². The highest BCUT2D eigenvalue weighted by Gasteiger charge is 2.27. The van der Waals surface area contributed by atoms with E-state index in [-0.39, 0.29) is 5.91 Å². The molecule has 4 nitrogen and oxygen atoms in total. The first-order chi connectivity index (χ1) is 14.5. The van der Waals surface area contributed by atoms with Crippen LogP contribution in [0.5, 0.6) is 5.75 Å². The molecule has 0 N–H and O–H groups in total. The van der Waals surface area contributed by atoms with Crippen molar-refractivity contribution in [2.24, 2.45) is 0 Å². The molecule has 30 heavy (non-hydrogen) atoms. The topological polar surface area (TPSA) is 32.8 Å². The molecular formula is C26H36N2O2. The van der Waals surface area contributed by atoms with E-state index in [1.54, 1.807) is 0 Å². The second-order valence-electron chi connectivity index (χ2n) is 8.56. The molecule has 1 aliphatic rings. The molecule has 1 aliphatic heterocycles. The molecule has 3 rings (SSSR count). The minimum Gasteiger partial charge on any atom is -0.494 e. The number of hydrogen-bond donors (Lipinski definition) is 0. The van der Waals surface area contributed by atoms with Gasteiger partial charge in [0, 0.05) is 12.6 Å². The Balaban J connectivity index is 1.67. The van der Waals surface area contributed by atoms with Gasteiger partial charge >= 0.3 is 0 Å². The van der Waals surface area contributed by atoms with E-state index >= 15 is 0 Å². The molecule has 1 fully saturated rings. The number of nitrogens with zero attached hydrogens (tertiary/aromatic N) is 2. The van der Waals surface area contributed by atoms with Crippen LogP contribution in [0.3, 0.4) is 0 Å². The molecule has 0 atom stereocenters. The molecule has 0 saturated carbocycles. The van der Waals surface area contributed by atoms with Crippen LogP contribution in [0.1, 0.15) is 49.3 Å². The van der Waals surface area contributed by atoms with Gasteiger partial charge in [0.1, 0.15) is 5.75 Å². The van der Waals surface area contributed by atoms with Gasteiger partial charge in [-0.1, -0.05) is 55.3 Å². The number of aryl methyl sites for hydroxylation is 1. The fourth-order valence-corrected chi connectivity index (χ4v) is 3.93. The van der Waals surface area contributed by atoms with Crippen LogP contribution < -0.4 is 4.74 Å². The lowest BCUT2D eigenvalue weighted by Gasteiger charge is -2.37. The molecule has 0 radical (unpaired) electrons. The van der Waals surface area contributed by atoms with E-state index in [2.05, 4.69) is 55.0 Å². The number of carbonyl (C=O) groups excluding carboxylic acids is 1. The average molecular weight is 409 g/mol. The molecule has 0 aromatic heterocycles. The Morgan fingerprint density at radius 1 is 1.03 bits per heavy atom. The maximum atomic E-state index is 13.3. The summed E-state index contributed by atoms with van der Waals surface area (Å²) in [6, 6.07) is 16.9.